The maximum Gasteiger partial charge on any atom is 0.416 e. The first-order valence-electron chi connectivity index (χ1n) is 9.99. The topological polar surface area (TPSA) is 76.4 Å². The van der Waals surface area contributed by atoms with Crippen LogP contribution >= 0.6 is 11.8 Å². The first-order chi connectivity index (χ1) is 15.4. The van der Waals surface area contributed by atoms with E-state index in [0.29, 0.717) is 40.4 Å². The lowest BCUT2D eigenvalue weighted by atomic mass is 9.93. The molecule has 33 heavy (non-hydrogen) atoms. The summed E-state index contributed by atoms with van der Waals surface area (Å²) in [5.74, 6) is -2.22. The van der Waals surface area contributed by atoms with Gasteiger partial charge in [0.15, 0.2) is 9.84 Å². The lowest BCUT2D eigenvalue weighted by Crippen LogP contribution is -2.18. The summed E-state index contributed by atoms with van der Waals surface area (Å²) in [5, 5.41) is 9.66. The normalized spacial score (nSPS) is 16.7. The number of aryl methyl sites for hydroxylation is 1. The van der Waals surface area contributed by atoms with Crippen molar-refractivity contribution in [2.45, 2.75) is 52.6 Å². The van der Waals surface area contributed by atoms with Gasteiger partial charge in [-0.1, -0.05) is 11.8 Å². The van der Waals surface area contributed by atoms with E-state index < -0.39 is 39.3 Å². The first-order valence-corrected chi connectivity index (χ1v) is 12.7. The summed E-state index contributed by atoms with van der Waals surface area (Å²) >= 11 is 1.06. The molecule has 0 aliphatic carbocycles. The van der Waals surface area contributed by atoms with Gasteiger partial charge in [0.2, 0.25) is 0 Å². The van der Waals surface area contributed by atoms with Gasteiger partial charge in [-0.2, -0.15) is 13.2 Å². The summed E-state index contributed by atoms with van der Waals surface area (Å²) < 4.78 is 80.1. The van der Waals surface area contributed by atoms with Crippen LogP contribution in [-0.4, -0.2) is 30.3 Å². The Morgan fingerprint density at radius 3 is 2.45 bits per heavy atom. The highest BCUT2D eigenvalue weighted by Gasteiger charge is 2.33. The molecule has 0 spiro atoms. The van der Waals surface area contributed by atoms with E-state index in [-0.39, 0.29) is 16.7 Å². The molecule has 11 heteroatoms. The SMILES string of the molecule is CS(=O)(=O)c1cc(F)cc2c1c(Sc1ccc(C(F)(F)F)cc1)c1n2CCC[C@H]1CC(=O)O. The zero-order chi connectivity index (χ0) is 24.1. The number of sulfone groups is 1. The number of carboxylic acid groups (broad SMARTS) is 1. The van der Waals surface area contributed by atoms with Crippen molar-refractivity contribution in [2.75, 3.05) is 6.26 Å². The second kappa shape index (κ2) is 8.35. The number of benzene rings is 2. The minimum Gasteiger partial charge on any atom is -0.481 e. The number of alkyl halides is 3. The van der Waals surface area contributed by atoms with Crippen molar-refractivity contribution in [3.63, 3.8) is 0 Å². The summed E-state index contributed by atoms with van der Waals surface area (Å²) in [6.07, 6.45) is -2.57. The molecule has 1 N–H and O–H groups in total. The van der Waals surface area contributed by atoms with Gasteiger partial charge in [0.05, 0.1) is 22.4 Å². The highest BCUT2D eigenvalue weighted by Crippen LogP contribution is 2.48. The molecule has 1 aromatic heterocycles. The molecule has 4 rings (SSSR count). The van der Waals surface area contributed by atoms with Gasteiger partial charge >= 0.3 is 12.1 Å². The molecule has 1 atom stereocenters. The zero-order valence-electron chi connectivity index (χ0n) is 17.3. The summed E-state index contributed by atoms with van der Waals surface area (Å²) in [4.78, 5) is 12.1. The Morgan fingerprint density at radius 1 is 1.21 bits per heavy atom. The number of halogens is 4. The predicted molar refractivity (Wildman–Crippen MR) is 115 cm³/mol. The van der Waals surface area contributed by atoms with Crippen molar-refractivity contribution in [1.29, 1.82) is 0 Å². The smallest absolute Gasteiger partial charge is 0.416 e. The number of carboxylic acids is 1. The number of fused-ring (bicyclic) bond motifs is 3. The van der Waals surface area contributed by atoms with Crippen LogP contribution in [0.1, 0.15) is 36.4 Å². The average Bonchev–Trinajstić information content (AvgIpc) is 3.00. The molecule has 0 radical (unpaired) electrons. The molecule has 0 saturated carbocycles. The van der Waals surface area contributed by atoms with E-state index in [1.165, 1.54) is 18.2 Å². The number of hydrogen-bond acceptors (Lipinski definition) is 4. The van der Waals surface area contributed by atoms with Crippen LogP contribution in [0.3, 0.4) is 0 Å². The number of rotatable bonds is 5. The van der Waals surface area contributed by atoms with Crippen molar-refractivity contribution in [1.82, 2.24) is 4.57 Å². The monoisotopic (exact) mass is 501 g/mol. The molecular weight excluding hydrogens is 482 g/mol. The minimum absolute atomic E-state index is 0.201. The Balaban J connectivity index is 1.97. The highest BCUT2D eigenvalue weighted by molar-refractivity contribution is 7.99. The van der Waals surface area contributed by atoms with Crippen LogP contribution < -0.4 is 0 Å². The molecule has 0 fully saturated rings. The highest BCUT2D eigenvalue weighted by atomic mass is 32.2. The van der Waals surface area contributed by atoms with E-state index in [2.05, 4.69) is 0 Å². The Bertz CT molecular complexity index is 1350. The number of nitrogens with zero attached hydrogens (tertiary/aromatic N) is 1. The maximum atomic E-state index is 14.4. The van der Waals surface area contributed by atoms with Crippen LogP contribution in [0.4, 0.5) is 17.6 Å². The van der Waals surface area contributed by atoms with Gasteiger partial charge < -0.3 is 9.67 Å². The molecule has 0 bridgehead atoms. The predicted octanol–water partition coefficient (Wildman–Crippen LogP) is 5.71. The Labute approximate surface area is 191 Å². The molecule has 3 aromatic rings. The fourth-order valence-corrected chi connectivity index (χ4v) is 6.48. The maximum absolute atomic E-state index is 14.4. The van der Waals surface area contributed by atoms with Crippen molar-refractivity contribution >= 4 is 38.5 Å². The van der Waals surface area contributed by atoms with Gasteiger partial charge in [-0.15, -0.1) is 0 Å². The fourth-order valence-electron chi connectivity index (χ4n) is 4.30. The first kappa shape index (κ1) is 23.6. The summed E-state index contributed by atoms with van der Waals surface area (Å²) in [5.41, 5.74) is 0.0761. The van der Waals surface area contributed by atoms with Crippen molar-refractivity contribution in [2.24, 2.45) is 0 Å². The van der Waals surface area contributed by atoms with E-state index in [9.17, 15) is 35.9 Å². The molecule has 0 saturated heterocycles. The molecule has 1 aliphatic rings. The van der Waals surface area contributed by atoms with E-state index in [1.54, 1.807) is 4.57 Å². The number of carbonyl (C=O) groups is 1. The van der Waals surface area contributed by atoms with Gasteiger partial charge in [-0.05, 0) is 49.2 Å². The standard InChI is InChI=1S/C22H19F4NO4S2/c1-33(30,31)17-11-14(23)10-16-19(17)21(20-12(9-18(28)29)3-2-8-27(16)20)32-15-6-4-13(5-7-15)22(24,25)26/h4-7,10-12H,2-3,8-9H2,1H3,(H,28,29)/t12-/m0/s1. The Morgan fingerprint density at radius 2 is 1.88 bits per heavy atom. The molecule has 0 unspecified atom stereocenters. The van der Waals surface area contributed by atoms with Gasteiger partial charge in [0.1, 0.15) is 5.82 Å². The van der Waals surface area contributed by atoms with E-state index in [4.69, 9.17) is 0 Å². The second-order valence-corrected chi connectivity index (χ2v) is 11.1. The lowest BCUT2D eigenvalue weighted by molar-refractivity contribution is -0.138. The fraction of sp³-hybridized carbons (Fsp3) is 0.318. The van der Waals surface area contributed by atoms with E-state index in [1.807, 2.05) is 0 Å². The zero-order valence-corrected chi connectivity index (χ0v) is 19.0. The van der Waals surface area contributed by atoms with Gasteiger partial charge in [-0.25, -0.2) is 12.8 Å². The third-order valence-electron chi connectivity index (χ3n) is 5.63. The number of aliphatic carboxylic acids is 1. The quantitative estimate of drug-likeness (QED) is 0.454. The van der Waals surface area contributed by atoms with Gasteiger partial charge in [-0.3, -0.25) is 4.79 Å². The van der Waals surface area contributed by atoms with Crippen molar-refractivity contribution in [3.05, 3.63) is 53.5 Å². The van der Waals surface area contributed by atoms with E-state index >= 15 is 0 Å². The summed E-state index contributed by atoms with van der Waals surface area (Å²) in [7, 11) is -3.86. The largest absolute Gasteiger partial charge is 0.481 e. The van der Waals surface area contributed by atoms with Crippen LogP contribution in [0.5, 0.6) is 0 Å². The molecule has 1 aliphatic heterocycles. The van der Waals surface area contributed by atoms with Crippen LogP contribution in [0.25, 0.3) is 10.9 Å². The molecule has 0 amide bonds. The molecule has 2 heterocycles. The molecule has 5 nitrogen and oxygen atoms in total. The number of hydrogen-bond donors (Lipinski definition) is 1. The van der Waals surface area contributed by atoms with Crippen LogP contribution in [-0.2, 0) is 27.4 Å². The average molecular weight is 502 g/mol. The van der Waals surface area contributed by atoms with Gasteiger partial charge in [0.25, 0.3) is 0 Å². The van der Waals surface area contributed by atoms with Crippen molar-refractivity contribution < 1.29 is 35.9 Å². The summed E-state index contributed by atoms with van der Waals surface area (Å²) in [6.45, 7) is 0.447. The Kier molecular flexibility index (Phi) is 5.98. The summed E-state index contributed by atoms with van der Waals surface area (Å²) in [6, 6.07) is 6.56. The van der Waals surface area contributed by atoms with Crippen LogP contribution in [0.2, 0.25) is 0 Å². The van der Waals surface area contributed by atoms with Gasteiger partial charge in [0, 0.05) is 39.6 Å². The van der Waals surface area contributed by atoms with Crippen LogP contribution in [0, 0.1) is 5.82 Å². The third-order valence-corrected chi connectivity index (χ3v) is 7.88. The second-order valence-electron chi connectivity index (χ2n) is 8.00. The van der Waals surface area contributed by atoms with Crippen molar-refractivity contribution in [3.8, 4) is 0 Å². The Hall–Kier alpha value is -2.53. The molecular formula is C22H19F4NO4S2. The minimum atomic E-state index is -4.50. The molecule has 176 valence electrons. The van der Waals surface area contributed by atoms with E-state index in [0.717, 1.165) is 36.2 Å². The number of aromatic nitrogens is 1. The lowest BCUT2D eigenvalue weighted by Gasteiger charge is -2.25. The third kappa shape index (κ3) is 4.61. The van der Waals surface area contributed by atoms with Crippen LogP contribution in [0.15, 0.2) is 51.1 Å². The molecule has 2 aromatic carbocycles.